The molecule has 7 heteroatoms. The predicted molar refractivity (Wildman–Crippen MR) is 234 cm³/mol. The van der Waals surface area contributed by atoms with Gasteiger partial charge in [-0.05, 0) is 109 Å². The largest absolute Gasteiger partial charge is 0.480 e. The van der Waals surface area contributed by atoms with Gasteiger partial charge in [-0.25, -0.2) is 4.79 Å². The monoisotopic (exact) mass is 769 g/mol. The zero-order chi connectivity index (χ0) is 40.3. The number of allylic oxidation sites excluding steroid dienone is 9. The molecule has 0 rings (SSSR count). The molecule has 0 saturated heterocycles. The Morgan fingerprint density at radius 3 is 1.56 bits per heavy atom. The van der Waals surface area contributed by atoms with Crippen molar-refractivity contribution < 1.29 is 24.2 Å². The maximum Gasteiger partial charge on any atom is 0.326 e. The third-order valence-corrected chi connectivity index (χ3v) is 9.79. The maximum atomic E-state index is 12.8. The number of carboxylic acids is 1. The van der Waals surface area contributed by atoms with Crippen LogP contribution in [0, 0.1) is 0 Å². The minimum Gasteiger partial charge on any atom is -0.480 e. The predicted octanol–water partition coefficient (Wildman–Crippen LogP) is 13.0. The number of carbonyl (C=O) groups is 3. The number of ether oxygens (including phenoxy) is 1. The summed E-state index contributed by atoms with van der Waals surface area (Å²) in [6, 6.07) is -0.859. The summed E-state index contributed by atoms with van der Waals surface area (Å²) in [4.78, 5) is 36.3. The Labute approximate surface area is 338 Å². The molecular weight excluding hydrogens is 685 g/mol. The fourth-order valence-electron chi connectivity index (χ4n) is 6.35. The number of carbonyl (C=O) groups excluding carboxylic acids is 2. The van der Waals surface area contributed by atoms with Crippen LogP contribution in [0.4, 0.5) is 0 Å². The van der Waals surface area contributed by atoms with E-state index in [1.807, 2.05) is 0 Å². The third-order valence-electron chi connectivity index (χ3n) is 9.79. The smallest absolute Gasteiger partial charge is 0.326 e. The van der Waals surface area contributed by atoms with Crippen LogP contribution in [0.15, 0.2) is 60.8 Å². The highest BCUT2D eigenvalue weighted by Gasteiger charge is 2.18. The number of esters is 1. The Bertz CT molecular complexity index is 1050. The summed E-state index contributed by atoms with van der Waals surface area (Å²) in [6.07, 6.45) is 52.8. The van der Waals surface area contributed by atoms with Gasteiger partial charge in [0.15, 0.2) is 0 Å². The first-order valence-electron chi connectivity index (χ1n) is 22.6. The standard InChI is InChI=1S/C48H84N2O5/c1-3-5-7-9-11-13-14-15-16-17-18-19-20-21-22-24-26-32-36-42-47(52)55-44(38-33-29-25-23-12-10-8-6-4-2)39-34-30-27-28-31-35-41-46(51)50-45(48(53)54)40-37-43-49/h11,13,15-16,18-19,23,25,33,38,44-45H,3-10,12,14,17,20-22,24,26-32,34-37,39-43,49H2,1-2H3,(H,50,51)(H,53,54)/b13-11-,16-15-,19-18-,25-23-,38-33-. The van der Waals surface area contributed by atoms with Gasteiger partial charge in [-0.1, -0.05) is 152 Å². The van der Waals surface area contributed by atoms with E-state index in [4.69, 9.17) is 10.5 Å². The number of rotatable bonds is 40. The lowest BCUT2D eigenvalue weighted by Crippen LogP contribution is -2.40. The summed E-state index contributed by atoms with van der Waals surface area (Å²) in [6.45, 7) is 4.89. The normalized spacial score (nSPS) is 13.2. The van der Waals surface area contributed by atoms with Gasteiger partial charge in [-0.3, -0.25) is 9.59 Å². The van der Waals surface area contributed by atoms with Crippen LogP contribution in [-0.4, -0.2) is 41.6 Å². The van der Waals surface area contributed by atoms with E-state index in [9.17, 15) is 19.5 Å². The SMILES string of the molecule is CCCCC/C=C\C/C=C\C/C=C\CCCCCCCCC(=O)OC(/C=C\C/C=C\CCCCCC)CCCCCCCCC(=O)NC(CCCN)C(=O)O. The van der Waals surface area contributed by atoms with Crippen molar-refractivity contribution in [2.24, 2.45) is 5.73 Å². The van der Waals surface area contributed by atoms with E-state index >= 15 is 0 Å². The molecule has 0 aliphatic carbocycles. The van der Waals surface area contributed by atoms with Crippen LogP contribution in [0.3, 0.4) is 0 Å². The van der Waals surface area contributed by atoms with Crippen LogP contribution in [-0.2, 0) is 19.1 Å². The Morgan fingerprint density at radius 2 is 1.00 bits per heavy atom. The van der Waals surface area contributed by atoms with Gasteiger partial charge in [0.2, 0.25) is 5.91 Å². The Morgan fingerprint density at radius 1 is 0.545 bits per heavy atom. The van der Waals surface area contributed by atoms with Crippen LogP contribution < -0.4 is 11.1 Å². The van der Waals surface area contributed by atoms with Crippen molar-refractivity contribution in [1.82, 2.24) is 5.32 Å². The second-order valence-electron chi connectivity index (χ2n) is 15.1. The summed E-state index contributed by atoms with van der Waals surface area (Å²) in [5.74, 6) is -1.30. The summed E-state index contributed by atoms with van der Waals surface area (Å²) in [7, 11) is 0. The molecule has 0 aliphatic heterocycles. The molecule has 0 bridgehead atoms. The Hall–Kier alpha value is -2.93. The second kappa shape index (κ2) is 42.2. The van der Waals surface area contributed by atoms with Gasteiger partial charge in [0, 0.05) is 12.8 Å². The lowest BCUT2D eigenvalue weighted by Gasteiger charge is -2.15. The zero-order valence-corrected chi connectivity index (χ0v) is 35.5. The quantitative estimate of drug-likeness (QED) is 0.0324. The number of aliphatic carboxylic acids is 1. The highest BCUT2D eigenvalue weighted by atomic mass is 16.5. The molecule has 0 saturated carbocycles. The molecule has 0 radical (unpaired) electrons. The van der Waals surface area contributed by atoms with Crippen LogP contribution in [0.5, 0.6) is 0 Å². The highest BCUT2D eigenvalue weighted by Crippen LogP contribution is 2.15. The van der Waals surface area contributed by atoms with E-state index in [1.54, 1.807) is 0 Å². The first kappa shape index (κ1) is 52.1. The van der Waals surface area contributed by atoms with E-state index in [1.165, 1.54) is 77.0 Å². The molecule has 7 nitrogen and oxygen atoms in total. The maximum absolute atomic E-state index is 12.8. The fraction of sp³-hybridized carbons (Fsp3) is 0.729. The average Bonchev–Trinajstić information content (AvgIpc) is 3.17. The summed E-state index contributed by atoms with van der Waals surface area (Å²) in [5, 5.41) is 11.9. The summed E-state index contributed by atoms with van der Waals surface area (Å²) >= 11 is 0. The lowest BCUT2D eigenvalue weighted by atomic mass is 10.0. The van der Waals surface area contributed by atoms with E-state index in [-0.39, 0.29) is 18.0 Å². The zero-order valence-electron chi connectivity index (χ0n) is 35.5. The minimum atomic E-state index is -1.01. The van der Waals surface area contributed by atoms with Crippen LogP contribution in [0.2, 0.25) is 0 Å². The molecule has 0 aromatic carbocycles. The fourth-order valence-corrected chi connectivity index (χ4v) is 6.35. The van der Waals surface area contributed by atoms with Gasteiger partial charge >= 0.3 is 11.9 Å². The van der Waals surface area contributed by atoms with Crippen molar-refractivity contribution >= 4 is 17.8 Å². The van der Waals surface area contributed by atoms with E-state index < -0.39 is 12.0 Å². The molecule has 0 aromatic heterocycles. The van der Waals surface area contributed by atoms with E-state index in [0.717, 1.165) is 89.9 Å². The molecule has 0 heterocycles. The number of unbranched alkanes of at least 4 members (excludes halogenated alkanes) is 18. The van der Waals surface area contributed by atoms with Crippen molar-refractivity contribution in [2.75, 3.05) is 6.54 Å². The van der Waals surface area contributed by atoms with Gasteiger partial charge in [0.25, 0.3) is 0 Å². The number of amides is 1. The van der Waals surface area contributed by atoms with Crippen LogP contribution >= 0.6 is 0 Å². The second-order valence-corrected chi connectivity index (χ2v) is 15.1. The van der Waals surface area contributed by atoms with Crippen molar-refractivity contribution in [3.05, 3.63) is 60.8 Å². The first-order chi connectivity index (χ1) is 26.9. The number of nitrogens with one attached hydrogen (secondary N) is 1. The lowest BCUT2D eigenvalue weighted by molar-refractivity contribution is -0.147. The molecule has 0 spiro atoms. The van der Waals surface area contributed by atoms with Gasteiger partial charge in [-0.2, -0.15) is 0 Å². The van der Waals surface area contributed by atoms with E-state index in [2.05, 4.69) is 79.9 Å². The summed E-state index contributed by atoms with van der Waals surface area (Å²) < 4.78 is 5.95. The van der Waals surface area contributed by atoms with Crippen molar-refractivity contribution in [2.45, 2.75) is 219 Å². The van der Waals surface area contributed by atoms with E-state index in [0.29, 0.717) is 32.2 Å². The van der Waals surface area contributed by atoms with Crippen molar-refractivity contribution in [3.8, 4) is 0 Å². The molecule has 0 fully saturated rings. The Balaban J connectivity index is 4.30. The third kappa shape index (κ3) is 39.1. The molecule has 4 N–H and O–H groups in total. The molecule has 316 valence electrons. The average molecular weight is 769 g/mol. The van der Waals surface area contributed by atoms with Crippen LogP contribution in [0.25, 0.3) is 0 Å². The van der Waals surface area contributed by atoms with Crippen molar-refractivity contribution in [3.63, 3.8) is 0 Å². The molecule has 55 heavy (non-hydrogen) atoms. The number of hydrogen-bond donors (Lipinski definition) is 3. The van der Waals surface area contributed by atoms with Gasteiger partial charge < -0.3 is 20.9 Å². The van der Waals surface area contributed by atoms with Gasteiger partial charge in [-0.15, -0.1) is 0 Å². The van der Waals surface area contributed by atoms with Gasteiger partial charge in [0.1, 0.15) is 12.1 Å². The van der Waals surface area contributed by atoms with Crippen LogP contribution in [0.1, 0.15) is 206 Å². The topological polar surface area (TPSA) is 119 Å². The number of carboxylic acid groups (broad SMARTS) is 1. The molecular formula is C48H84N2O5. The molecule has 1 amide bonds. The number of nitrogens with two attached hydrogens (primary N) is 1. The molecule has 2 atom stereocenters. The summed E-state index contributed by atoms with van der Waals surface area (Å²) in [5.41, 5.74) is 5.48. The van der Waals surface area contributed by atoms with Crippen molar-refractivity contribution in [1.29, 1.82) is 0 Å². The minimum absolute atomic E-state index is 0.0882. The number of hydrogen-bond acceptors (Lipinski definition) is 5. The Kier molecular flexibility index (Phi) is 40.0. The highest BCUT2D eigenvalue weighted by molar-refractivity contribution is 5.83. The first-order valence-corrected chi connectivity index (χ1v) is 22.6. The molecule has 2 unspecified atom stereocenters. The molecule has 0 aliphatic rings. The molecule has 0 aromatic rings. The van der Waals surface area contributed by atoms with Gasteiger partial charge in [0.05, 0.1) is 0 Å².